The number of para-hydroxylation sites is 1. The third-order valence-corrected chi connectivity index (χ3v) is 3.84. The van der Waals surface area contributed by atoms with E-state index < -0.39 is 0 Å². The standard InChI is InChI=1S/C20H11ClN2O/c21-19-7-3-1-5-17(19)18-6-2-4-8-20(18)24-16-10-9-14(12-22)15(11-16)13-23/h1-11H. The lowest BCUT2D eigenvalue weighted by atomic mass is 10.0. The van der Waals surface area contributed by atoms with Gasteiger partial charge in [0.05, 0.1) is 11.1 Å². The lowest BCUT2D eigenvalue weighted by Crippen LogP contribution is -1.91. The Hall–Kier alpha value is -3.27. The van der Waals surface area contributed by atoms with Crippen LogP contribution in [0.2, 0.25) is 5.02 Å². The molecule has 0 unspecified atom stereocenters. The predicted octanol–water partition coefficient (Wildman–Crippen LogP) is 5.54. The van der Waals surface area contributed by atoms with E-state index in [4.69, 9.17) is 26.9 Å². The summed E-state index contributed by atoms with van der Waals surface area (Å²) in [6, 6.07) is 23.8. The summed E-state index contributed by atoms with van der Waals surface area (Å²) in [6.07, 6.45) is 0. The Bertz CT molecular complexity index is 983. The van der Waals surface area contributed by atoms with E-state index in [-0.39, 0.29) is 5.56 Å². The van der Waals surface area contributed by atoms with E-state index in [2.05, 4.69) is 0 Å². The van der Waals surface area contributed by atoms with Crippen molar-refractivity contribution in [3.8, 4) is 34.8 Å². The van der Waals surface area contributed by atoms with Crippen LogP contribution in [0, 0.1) is 22.7 Å². The first-order valence-corrected chi connectivity index (χ1v) is 7.57. The van der Waals surface area contributed by atoms with Gasteiger partial charge in [-0.3, -0.25) is 0 Å². The summed E-state index contributed by atoms with van der Waals surface area (Å²) >= 11 is 6.29. The van der Waals surface area contributed by atoms with Crippen LogP contribution in [0.3, 0.4) is 0 Å². The van der Waals surface area contributed by atoms with E-state index in [0.717, 1.165) is 11.1 Å². The first kappa shape index (κ1) is 15.6. The highest BCUT2D eigenvalue weighted by molar-refractivity contribution is 6.33. The van der Waals surface area contributed by atoms with Crippen molar-refractivity contribution in [1.29, 1.82) is 10.5 Å². The maximum Gasteiger partial charge on any atom is 0.135 e. The first-order chi connectivity index (χ1) is 11.7. The van der Waals surface area contributed by atoms with Gasteiger partial charge in [0.15, 0.2) is 0 Å². The molecule has 3 aromatic carbocycles. The van der Waals surface area contributed by atoms with E-state index in [1.807, 2.05) is 60.7 Å². The maximum atomic E-state index is 9.13. The summed E-state index contributed by atoms with van der Waals surface area (Å²) in [5.74, 6) is 1.12. The van der Waals surface area contributed by atoms with Crippen molar-refractivity contribution < 1.29 is 4.74 Å². The average Bonchev–Trinajstić information content (AvgIpc) is 2.62. The number of ether oxygens (including phenoxy) is 1. The number of benzene rings is 3. The van der Waals surface area contributed by atoms with Gasteiger partial charge in [-0.25, -0.2) is 0 Å². The van der Waals surface area contributed by atoms with Crippen LogP contribution in [0.1, 0.15) is 11.1 Å². The Morgan fingerprint density at radius 3 is 2.12 bits per heavy atom. The normalized spacial score (nSPS) is 9.79. The Morgan fingerprint density at radius 1 is 0.750 bits per heavy atom. The number of hydrogen-bond acceptors (Lipinski definition) is 3. The Balaban J connectivity index is 2.03. The molecule has 24 heavy (non-hydrogen) atoms. The van der Waals surface area contributed by atoms with E-state index in [1.54, 1.807) is 18.2 Å². The molecule has 0 aromatic heterocycles. The molecule has 4 heteroatoms. The highest BCUT2D eigenvalue weighted by Crippen LogP contribution is 2.37. The van der Waals surface area contributed by atoms with Crippen LogP contribution in [0.15, 0.2) is 66.7 Å². The molecule has 0 aliphatic rings. The molecule has 0 spiro atoms. The molecule has 114 valence electrons. The van der Waals surface area contributed by atoms with Crippen molar-refractivity contribution in [2.24, 2.45) is 0 Å². The fraction of sp³-hybridized carbons (Fsp3) is 0. The Labute approximate surface area is 144 Å². The molecule has 0 aliphatic carbocycles. The lowest BCUT2D eigenvalue weighted by Gasteiger charge is -2.12. The van der Waals surface area contributed by atoms with Gasteiger partial charge in [0.2, 0.25) is 0 Å². The number of halogens is 1. The molecule has 3 rings (SSSR count). The van der Waals surface area contributed by atoms with Gasteiger partial charge in [-0.2, -0.15) is 10.5 Å². The number of hydrogen-bond donors (Lipinski definition) is 0. The minimum atomic E-state index is 0.283. The zero-order valence-corrected chi connectivity index (χ0v) is 13.3. The van der Waals surface area contributed by atoms with E-state index in [0.29, 0.717) is 22.1 Å². The molecular formula is C20H11ClN2O. The Morgan fingerprint density at radius 2 is 1.42 bits per heavy atom. The van der Waals surface area contributed by atoms with Crippen molar-refractivity contribution in [1.82, 2.24) is 0 Å². The minimum absolute atomic E-state index is 0.283. The van der Waals surface area contributed by atoms with Gasteiger partial charge in [-0.05, 0) is 30.3 Å². The van der Waals surface area contributed by atoms with Crippen molar-refractivity contribution in [3.05, 3.63) is 82.9 Å². The summed E-state index contributed by atoms with van der Waals surface area (Å²) in [5, 5.41) is 18.8. The molecule has 0 bridgehead atoms. The monoisotopic (exact) mass is 330 g/mol. The molecule has 0 atom stereocenters. The van der Waals surface area contributed by atoms with Gasteiger partial charge in [0.1, 0.15) is 23.6 Å². The second-order valence-electron chi connectivity index (χ2n) is 5.01. The zero-order chi connectivity index (χ0) is 16.9. The van der Waals surface area contributed by atoms with Gasteiger partial charge >= 0.3 is 0 Å². The lowest BCUT2D eigenvalue weighted by molar-refractivity contribution is 0.484. The highest BCUT2D eigenvalue weighted by atomic mass is 35.5. The average molecular weight is 331 g/mol. The third-order valence-electron chi connectivity index (χ3n) is 3.51. The van der Waals surface area contributed by atoms with Crippen LogP contribution in [0.5, 0.6) is 11.5 Å². The van der Waals surface area contributed by atoms with Gasteiger partial charge in [0.25, 0.3) is 0 Å². The summed E-state index contributed by atoms with van der Waals surface area (Å²) in [4.78, 5) is 0. The summed E-state index contributed by atoms with van der Waals surface area (Å²) in [5.41, 5.74) is 2.32. The second kappa shape index (κ2) is 6.87. The quantitative estimate of drug-likeness (QED) is 0.633. The molecule has 0 N–H and O–H groups in total. The van der Waals surface area contributed by atoms with Crippen molar-refractivity contribution in [2.45, 2.75) is 0 Å². The van der Waals surface area contributed by atoms with E-state index in [9.17, 15) is 0 Å². The fourth-order valence-electron chi connectivity index (χ4n) is 2.36. The van der Waals surface area contributed by atoms with Gasteiger partial charge in [0, 0.05) is 16.1 Å². The van der Waals surface area contributed by atoms with Gasteiger partial charge in [-0.1, -0.05) is 48.0 Å². The van der Waals surface area contributed by atoms with Crippen molar-refractivity contribution >= 4 is 11.6 Å². The zero-order valence-electron chi connectivity index (χ0n) is 12.5. The molecule has 0 saturated heterocycles. The summed E-state index contributed by atoms with van der Waals surface area (Å²) < 4.78 is 5.94. The van der Waals surface area contributed by atoms with Crippen LogP contribution >= 0.6 is 11.6 Å². The molecular weight excluding hydrogens is 320 g/mol. The van der Waals surface area contributed by atoms with E-state index >= 15 is 0 Å². The number of nitrogens with zero attached hydrogens (tertiary/aromatic N) is 2. The molecule has 0 amide bonds. The van der Waals surface area contributed by atoms with Gasteiger partial charge in [-0.15, -0.1) is 0 Å². The molecule has 0 aliphatic heterocycles. The molecule has 0 saturated carbocycles. The molecule has 0 fully saturated rings. The van der Waals surface area contributed by atoms with Gasteiger partial charge < -0.3 is 4.74 Å². The van der Waals surface area contributed by atoms with Crippen LogP contribution in [-0.2, 0) is 0 Å². The van der Waals surface area contributed by atoms with Crippen LogP contribution in [0.25, 0.3) is 11.1 Å². The van der Waals surface area contributed by atoms with Crippen LogP contribution < -0.4 is 4.74 Å². The highest BCUT2D eigenvalue weighted by Gasteiger charge is 2.11. The SMILES string of the molecule is N#Cc1ccc(Oc2ccccc2-c2ccccc2Cl)cc1C#N. The fourth-order valence-corrected chi connectivity index (χ4v) is 2.60. The summed E-state index contributed by atoms with van der Waals surface area (Å²) in [7, 11) is 0. The third kappa shape index (κ3) is 3.08. The van der Waals surface area contributed by atoms with Crippen molar-refractivity contribution in [2.75, 3.05) is 0 Å². The summed E-state index contributed by atoms with van der Waals surface area (Å²) in [6.45, 7) is 0. The smallest absolute Gasteiger partial charge is 0.135 e. The predicted molar refractivity (Wildman–Crippen MR) is 92.8 cm³/mol. The first-order valence-electron chi connectivity index (χ1n) is 7.19. The minimum Gasteiger partial charge on any atom is -0.457 e. The van der Waals surface area contributed by atoms with E-state index in [1.165, 1.54) is 0 Å². The molecule has 3 aromatic rings. The van der Waals surface area contributed by atoms with Crippen molar-refractivity contribution in [3.63, 3.8) is 0 Å². The molecule has 0 heterocycles. The molecule has 3 nitrogen and oxygen atoms in total. The second-order valence-corrected chi connectivity index (χ2v) is 5.42. The topological polar surface area (TPSA) is 56.8 Å². The number of rotatable bonds is 3. The van der Waals surface area contributed by atoms with Crippen LogP contribution in [-0.4, -0.2) is 0 Å². The molecule has 0 radical (unpaired) electrons. The Kier molecular flexibility index (Phi) is 4.47. The van der Waals surface area contributed by atoms with Crippen LogP contribution in [0.4, 0.5) is 0 Å². The number of nitriles is 2. The maximum absolute atomic E-state index is 9.13. The largest absolute Gasteiger partial charge is 0.457 e.